The van der Waals surface area contributed by atoms with Gasteiger partial charge in [0.2, 0.25) is 0 Å². The van der Waals surface area contributed by atoms with Crippen LogP contribution in [0.25, 0.3) is 11.0 Å². The molecule has 0 saturated carbocycles. The third-order valence-electron chi connectivity index (χ3n) is 4.45. The van der Waals surface area contributed by atoms with Crippen molar-refractivity contribution < 1.29 is 9.90 Å². The van der Waals surface area contributed by atoms with Crippen LogP contribution in [0.4, 0.5) is 5.82 Å². The molecule has 0 amide bonds. The molecule has 1 aliphatic rings. The smallest absolute Gasteiger partial charge is 0.357 e. The van der Waals surface area contributed by atoms with Gasteiger partial charge >= 0.3 is 5.97 Å². The van der Waals surface area contributed by atoms with Gasteiger partial charge in [-0.25, -0.2) is 19.7 Å². The van der Waals surface area contributed by atoms with E-state index in [0.717, 1.165) is 47.6 Å². The second-order valence-electron chi connectivity index (χ2n) is 6.33. The van der Waals surface area contributed by atoms with Crippen molar-refractivity contribution in [3.63, 3.8) is 0 Å². The van der Waals surface area contributed by atoms with Crippen LogP contribution < -0.4 is 10.6 Å². The molecule has 1 fully saturated rings. The van der Waals surface area contributed by atoms with E-state index in [0.29, 0.717) is 26.7 Å². The van der Waals surface area contributed by atoms with Crippen molar-refractivity contribution in [2.75, 3.05) is 18.0 Å². The molecular weight excluding hydrogens is 443 g/mol. The van der Waals surface area contributed by atoms with E-state index in [1.807, 2.05) is 6.92 Å². The lowest BCUT2D eigenvalue weighted by Gasteiger charge is -2.18. The van der Waals surface area contributed by atoms with Gasteiger partial charge in [0.1, 0.15) is 15.8 Å². The first kappa shape index (κ1) is 19.7. The van der Waals surface area contributed by atoms with Gasteiger partial charge in [-0.3, -0.25) is 0 Å². The molecule has 0 bridgehead atoms. The number of halogens is 2. The number of H-pyrrole nitrogens is 1. The number of hydrogen-bond donors (Lipinski definition) is 3. The van der Waals surface area contributed by atoms with Crippen LogP contribution in [0.5, 0.6) is 0 Å². The van der Waals surface area contributed by atoms with Gasteiger partial charge in [-0.1, -0.05) is 41.5 Å². The Bertz CT molecular complexity index is 1070. The van der Waals surface area contributed by atoms with E-state index in [-0.39, 0.29) is 16.1 Å². The molecule has 28 heavy (non-hydrogen) atoms. The standard InChI is InChI=1S/C16H16Cl2N6O2S2/c1-2-7-9(17)8-12(20-7)22-15(23-13(8)24-4-3-6(19)5-24)28-16-21-10(14(25)26)11(18)27-16/h6H,2-5,19H2,1H3,(H,25,26)(H,20,22,23). The molecule has 3 aromatic heterocycles. The number of aryl methyl sites for hydroxylation is 1. The maximum absolute atomic E-state index is 11.2. The number of nitrogens with zero attached hydrogens (tertiary/aromatic N) is 4. The van der Waals surface area contributed by atoms with Crippen LogP contribution >= 0.6 is 46.3 Å². The zero-order valence-corrected chi connectivity index (χ0v) is 17.8. The van der Waals surface area contributed by atoms with Crippen molar-refractivity contribution in [3.05, 3.63) is 20.7 Å². The number of aromatic nitrogens is 4. The average molecular weight is 459 g/mol. The van der Waals surface area contributed by atoms with E-state index in [1.165, 1.54) is 11.8 Å². The summed E-state index contributed by atoms with van der Waals surface area (Å²) >= 11 is 14.8. The summed E-state index contributed by atoms with van der Waals surface area (Å²) in [6.07, 6.45) is 1.61. The molecule has 3 aromatic rings. The third kappa shape index (κ3) is 3.55. The number of carbonyl (C=O) groups is 1. The molecule has 4 rings (SSSR count). The number of hydrogen-bond acceptors (Lipinski definition) is 8. The minimum atomic E-state index is -1.17. The van der Waals surface area contributed by atoms with Crippen molar-refractivity contribution in [2.45, 2.75) is 35.3 Å². The van der Waals surface area contributed by atoms with Crippen LogP contribution in [0, 0.1) is 0 Å². The highest BCUT2D eigenvalue weighted by atomic mass is 35.5. The maximum Gasteiger partial charge on any atom is 0.357 e. The van der Waals surface area contributed by atoms with E-state index in [1.54, 1.807) is 0 Å². The first-order valence-corrected chi connectivity index (χ1v) is 10.9. The fraction of sp³-hybridized carbons (Fsp3) is 0.375. The minimum absolute atomic E-state index is 0.0837. The van der Waals surface area contributed by atoms with Gasteiger partial charge in [0.15, 0.2) is 15.2 Å². The minimum Gasteiger partial charge on any atom is -0.476 e. The molecule has 8 nitrogen and oxygen atoms in total. The number of rotatable bonds is 5. The van der Waals surface area contributed by atoms with Gasteiger partial charge in [-0.2, -0.15) is 0 Å². The Hall–Kier alpha value is -1.59. The van der Waals surface area contributed by atoms with E-state index < -0.39 is 5.97 Å². The molecule has 1 unspecified atom stereocenters. The summed E-state index contributed by atoms with van der Waals surface area (Å²) in [6, 6.07) is 0.0837. The quantitative estimate of drug-likeness (QED) is 0.495. The maximum atomic E-state index is 11.2. The van der Waals surface area contributed by atoms with E-state index >= 15 is 0 Å². The van der Waals surface area contributed by atoms with Gasteiger partial charge < -0.3 is 20.7 Å². The van der Waals surface area contributed by atoms with Gasteiger partial charge in [-0.05, 0) is 24.6 Å². The highest BCUT2D eigenvalue weighted by molar-refractivity contribution is 8.00. The number of aromatic carboxylic acids is 1. The van der Waals surface area contributed by atoms with Crippen molar-refractivity contribution >= 4 is 69.1 Å². The SMILES string of the molecule is CCc1[nH]c2nc(Sc3nc(C(=O)O)c(Cl)s3)nc(N3CCC(N)C3)c2c1Cl. The lowest BCUT2D eigenvalue weighted by atomic mass is 10.3. The second kappa shape index (κ2) is 7.68. The molecule has 4 heterocycles. The lowest BCUT2D eigenvalue weighted by Crippen LogP contribution is -2.27. The number of anilines is 1. The second-order valence-corrected chi connectivity index (χ2v) is 9.52. The number of fused-ring (bicyclic) bond motifs is 1. The molecular formula is C16H16Cl2N6O2S2. The number of carboxylic acids is 1. The fourth-order valence-electron chi connectivity index (χ4n) is 3.10. The normalized spacial score (nSPS) is 17.0. The predicted molar refractivity (Wildman–Crippen MR) is 111 cm³/mol. The van der Waals surface area contributed by atoms with Crippen LogP contribution in [0.15, 0.2) is 9.50 Å². The van der Waals surface area contributed by atoms with E-state index in [9.17, 15) is 4.79 Å². The Balaban J connectivity index is 1.79. The van der Waals surface area contributed by atoms with Crippen LogP contribution in [-0.4, -0.2) is 50.1 Å². The van der Waals surface area contributed by atoms with E-state index in [4.69, 9.17) is 39.0 Å². The molecule has 1 saturated heterocycles. The van der Waals surface area contributed by atoms with Crippen molar-refractivity contribution in [1.82, 2.24) is 19.9 Å². The van der Waals surface area contributed by atoms with Crippen LogP contribution in [0.1, 0.15) is 29.5 Å². The fourth-order valence-corrected chi connectivity index (χ4v) is 5.66. The molecule has 4 N–H and O–H groups in total. The summed E-state index contributed by atoms with van der Waals surface area (Å²) in [5.74, 6) is -0.442. The van der Waals surface area contributed by atoms with Gasteiger partial charge in [0, 0.05) is 24.8 Å². The monoisotopic (exact) mass is 458 g/mol. The molecule has 0 aromatic carbocycles. The largest absolute Gasteiger partial charge is 0.476 e. The van der Waals surface area contributed by atoms with Crippen molar-refractivity contribution in [3.8, 4) is 0 Å². The lowest BCUT2D eigenvalue weighted by molar-refractivity contribution is 0.0691. The summed E-state index contributed by atoms with van der Waals surface area (Å²) in [5, 5.41) is 11.0. The molecule has 0 aliphatic carbocycles. The molecule has 148 valence electrons. The van der Waals surface area contributed by atoms with Crippen LogP contribution in [-0.2, 0) is 6.42 Å². The zero-order chi connectivity index (χ0) is 20.0. The predicted octanol–water partition coefficient (Wildman–Crippen LogP) is 3.67. The topological polar surface area (TPSA) is 121 Å². The molecule has 0 radical (unpaired) electrons. The molecule has 1 aliphatic heterocycles. The number of aromatic amines is 1. The summed E-state index contributed by atoms with van der Waals surface area (Å²) in [7, 11) is 0. The molecule has 1 atom stereocenters. The van der Waals surface area contributed by atoms with Crippen LogP contribution in [0.2, 0.25) is 9.36 Å². The number of nitrogens with two attached hydrogens (primary N) is 1. The van der Waals surface area contributed by atoms with E-state index in [2.05, 4.69) is 19.9 Å². The first-order chi connectivity index (χ1) is 13.4. The number of thiazole rings is 1. The van der Waals surface area contributed by atoms with Crippen LogP contribution in [0.3, 0.4) is 0 Å². The number of carboxylic acid groups (broad SMARTS) is 1. The third-order valence-corrected chi connectivity index (χ3v) is 7.05. The Morgan fingerprint density at radius 3 is 2.82 bits per heavy atom. The Labute approximate surface area is 178 Å². The number of nitrogens with one attached hydrogen (secondary N) is 1. The molecule has 12 heteroatoms. The van der Waals surface area contributed by atoms with Gasteiger partial charge in [0.25, 0.3) is 0 Å². The zero-order valence-electron chi connectivity index (χ0n) is 14.7. The highest BCUT2D eigenvalue weighted by Gasteiger charge is 2.26. The highest BCUT2D eigenvalue weighted by Crippen LogP contribution is 2.39. The van der Waals surface area contributed by atoms with Crippen molar-refractivity contribution in [1.29, 1.82) is 0 Å². The van der Waals surface area contributed by atoms with Crippen molar-refractivity contribution in [2.24, 2.45) is 5.73 Å². The molecule has 0 spiro atoms. The summed E-state index contributed by atoms with van der Waals surface area (Å²) < 4.78 is 0.581. The Morgan fingerprint density at radius 2 is 2.21 bits per heavy atom. The van der Waals surface area contributed by atoms with Gasteiger partial charge in [0.05, 0.1) is 10.4 Å². The average Bonchev–Trinajstić information content (AvgIpc) is 3.32. The summed E-state index contributed by atoms with van der Waals surface area (Å²) in [4.78, 5) is 29.9. The Morgan fingerprint density at radius 1 is 1.43 bits per heavy atom. The summed E-state index contributed by atoms with van der Waals surface area (Å²) in [6.45, 7) is 3.48. The Kier molecular flexibility index (Phi) is 5.41. The van der Waals surface area contributed by atoms with Gasteiger partial charge in [-0.15, -0.1) is 0 Å². The summed E-state index contributed by atoms with van der Waals surface area (Å²) in [5.41, 5.74) is 7.43. The first-order valence-electron chi connectivity index (χ1n) is 8.53.